The molecule has 112 valence electrons. The largest absolute Gasteiger partial charge is 0.496 e. The van der Waals surface area contributed by atoms with Gasteiger partial charge in [-0.2, -0.15) is 0 Å². The van der Waals surface area contributed by atoms with Crippen LogP contribution in [-0.2, 0) is 26.2 Å². The summed E-state index contributed by atoms with van der Waals surface area (Å²) in [5, 5.41) is 11.3. The maximum atomic E-state index is 5.49. The number of nitrogens with zero attached hydrogens (tertiary/aromatic N) is 4. The minimum Gasteiger partial charge on any atom is -0.496 e. The maximum Gasteiger partial charge on any atom is 0.147 e. The average Bonchev–Trinajstić information content (AvgIpc) is 2.95. The molecule has 2 aromatic rings. The summed E-state index contributed by atoms with van der Waals surface area (Å²) in [6.07, 6.45) is 1.81. The van der Waals surface area contributed by atoms with Gasteiger partial charge in [0.25, 0.3) is 0 Å². The molecule has 1 aliphatic heterocycles. The Morgan fingerprint density at radius 1 is 1.33 bits per heavy atom. The zero-order valence-corrected chi connectivity index (χ0v) is 12.5. The summed E-state index contributed by atoms with van der Waals surface area (Å²) in [5.74, 6) is 1.98. The molecule has 6 heteroatoms. The molecule has 2 heterocycles. The lowest BCUT2D eigenvalue weighted by Crippen LogP contribution is -2.33. The molecule has 1 aromatic heterocycles. The Bertz CT molecular complexity index is 610. The molecule has 0 amide bonds. The summed E-state index contributed by atoms with van der Waals surface area (Å²) in [6, 6.07) is 6.37. The van der Waals surface area contributed by atoms with Crippen LogP contribution < -0.4 is 10.1 Å². The van der Waals surface area contributed by atoms with E-state index in [2.05, 4.69) is 43.2 Å². The second-order valence-corrected chi connectivity index (χ2v) is 5.33. The quantitative estimate of drug-likeness (QED) is 0.890. The summed E-state index contributed by atoms with van der Waals surface area (Å²) >= 11 is 0. The van der Waals surface area contributed by atoms with Crippen LogP contribution in [0.5, 0.6) is 5.75 Å². The molecule has 0 atom stereocenters. The number of nitrogens with one attached hydrogen (secondary N) is 1. The number of aromatic nitrogens is 3. The van der Waals surface area contributed by atoms with Gasteiger partial charge in [-0.1, -0.05) is 6.07 Å². The van der Waals surface area contributed by atoms with E-state index >= 15 is 0 Å². The van der Waals surface area contributed by atoms with Gasteiger partial charge in [-0.05, 0) is 24.7 Å². The van der Waals surface area contributed by atoms with Crippen LogP contribution in [0.4, 0.5) is 0 Å². The van der Waals surface area contributed by atoms with Crippen LogP contribution in [0.25, 0.3) is 0 Å². The molecular weight excluding hydrogens is 266 g/mol. The SMILES string of the molecule is CNCc1ccc(OC)c(CN2CCn3cnnc3C2)c1. The second-order valence-electron chi connectivity index (χ2n) is 5.33. The van der Waals surface area contributed by atoms with Crippen molar-refractivity contribution in [3.63, 3.8) is 0 Å². The van der Waals surface area contributed by atoms with Crippen molar-refractivity contribution in [2.75, 3.05) is 20.7 Å². The van der Waals surface area contributed by atoms with Crippen molar-refractivity contribution in [2.24, 2.45) is 0 Å². The Balaban J connectivity index is 1.76. The van der Waals surface area contributed by atoms with Crippen molar-refractivity contribution >= 4 is 0 Å². The van der Waals surface area contributed by atoms with E-state index in [0.717, 1.165) is 44.3 Å². The van der Waals surface area contributed by atoms with E-state index in [1.165, 1.54) is 11.1 Å². The first-order valence-corrected chi connectivity index (χ1v) is 7.19. The van der Waals surface area contributed by atoms with Crippen LogP contribution in [-0.4, -0.2) is 40.4 Å². The van der Waals surface area contributed by atoms with Gasteiger partial charge in [-0.3, -0.25) is 4.90 Å². The van der Waals surface area contributed by atoms with Crippen molar-refractivity contribution in [1.82, 2.24) is 25.0 Å². The Kier molecular flexibility index (Phi) is 4.17. The summed E-state index contributed by atoms with van der Waals surface area (Å²) in [6.45, 7) is 4.52. The number of rotatable bonds is 5. The number of hydrogen-bond acceptors (Lipinski definition) is 5. The fourth-order valence-corrected chi connectivity index (χ4v) is 2.76. The van der Waals surface area contributed by atoms with Gasteiger partial charge in [-0.15, -0.1) is 10.2 Å². The highest BCUT2D eigenvalue weighted by atomic mass is 16.5. The molecule has 6 nitrogen and oxygen atoms in total. The van der Waals surface area contributed by atoms with Crippen LogP contribution >= 0.6 is 0 Å². The maximum absolute atomic E-state index is 5.49. The van der Waals surface area contributed by atoms with Crippen LogP contribution in [0.3, 0.4) is 0 Å². The molecule has 0 saturated heterocycles. The van der Waals surface area contributed by atoms with Gasteiger partial charge in [0.1, 0.15) is 17.9 Å². The molecule has 1 aliphatic rings. The van der Waals surface area contributed by atoms with Crippen molar-refractivity contribution in [3.05, 3.63) is 41.5 Å². The van der Waals surface area contributed by atoms with E-state index in [-0.39, 0.29) is 0 Å². The minimum absolute atomic E-state index is 0.833. The van der Waals surface area contributed by atoms with E-state index in [4.69, 9.17) is 4.74 Å². The highest BCUT2D eigenvalue weighted by molar-refractivity contribution is 5.37. The smallest absolute Gasteiger partial charge is 0.147 e. The van der Waals surface area contributed by atoms with Gasteiger partial charge in [0.2, 0.25) is 0 Å². The van der Waals surface area contributed by atoms with Crippen LogP contribution in [0, 0.1) is 0 Å². The normalized spacial score (nSPS) is 15.0. The average molecular weight is 287 g/mol. The lowest BCUT2D eigenvalue weighted by molar-refractivity contribution is 0.206. The van der Waals surface area contributed by atoms with Crippen LogP contribution in [0.2, 0.25) is 0 Å². The molecule has 0 spiro atoms. The van der Waals surface area contributed by atoms with Crippen molar-refractivity contribution in [3.8, 4) is 5.75 Å². The number of fused-ring (bicyclic) bond motifs is 1. The fourth-order valence-electron chi connectivity index (χ4n) is 2.76. The lowest BCUT2D eigenvalue weighted by atomic mass is 10.1. The van der Waals surface area contributed by atoms with Gasteiger partial charge in [0.15, 0.2) is 0 Å². The highest BCUT2D eigenvalue weighted by Gasteiger charge is 2.18. The van der Waals surface area contributed by atoms with Gasteiger partial charge in [0.05, 0.1) is 13.7 Å². The minimum atomic E-state index is 0.833. The van der Waals surface area contributed by atoms with Crippen LogP contribution in [0.15, 0.2) is 24.5 Å². The molecule has 1 aromatic carbocycles. The Morgan fingerprint density at radius 3 is 3.05 bits per heavy atom. The van der Waals surface area contributed by atoms with Gasteiger partial charge in [-0.25, -0.2) is 0 Å². The number of benzene rings is 1. The fraction of sp³-hybridized carbons (Fsp3) is 0.467. The topological polar surface area (TPSA) is 55.2 Å². The number of methoxy groups -OCH3 is 1. The van der Waals surface area contributed by atoms with Crippen molar-refractivity contribution in [1.29, 1.82) is 0 Å². The van der Waals surface area contributed by atoms with E-state index < -0.39 is 0 Å². The van der Waals surface area contributed by atoms with E-state index in [1.54, 1.807) is 13.4 Å². The van der Waals surface area contributed by atoms with Crippen LogP contribution in [0.1, 0.15) is 17.0 Å². The third-order valence-electron chi connectivity index (χ3n) is 3.84. The molecule has 3 rings (SSSR count). The Morgan fingerprint density at radius 2 is 2.24 bits per heavy atom. The van der Waals surface area contributed by atoms with E-state index in [0.29, 0.717) is 0 Å². The van der Waals surface area contributed by atoms with Crippen molar-refractivity contribution in [2.45, 2.75) is 26.2 Å². The highest BCUT2D eigenvalue weighted by Crippen LogP contribution is 2.23. The van der Waals surface area contributed by atoms with E-state index in [1.807, 2.05) is 7.05 Å². The molecule has 1 N–H and O–H groups in total. The zero-order valence-electron chi connectivity index (χ0n) is 12.5. The predicted molar refractivity (Wildman–Crippen MR) is 79.9 cm³/mol. The third-order valence-corrected chi connectivity index (χ3v) is 3.84. The predicted octanol–water partition coefficient (Wildman–Crippen LogP) is 1.02. The summed E-state index contributed by atoms with van der Waals surface area (Å²) < 4.78 is 7.61. The van der Waals surface area contributed by atoms with E-state index in [9.17, 15) is 0 Å². The van der Waals surface area contributed by atoms with Gasteiger partial charge in [0, 0.05) is 31.7 Å². The molecule has 0 fully saturated rings. The number of hydrogen-bond donors (Lipinski definition) is 1. The number of ether oxygens (including phenoxy) is 1. The van der Waals surface area contributed by atoms with Gasteiger partial charge < -0.3 is 14.6 Å². The summed E-state index contributed by atoms with van der Waals surface area (Å²) in [7, 11) is 3.69. The molecule has 0 unspecified atom stereocenters. The summed E-state index contributed by atoms with van der Waals surface area (Å²) in [4.78, 5) is 2.38. The molecule has 0 saturated carbocycles. The molecule has 0 radical (unpaired) electrons. The summed E-state index contributed by atoms with van der Waals surface area (Å²) in [5.41, 5.74) is 2.49. The first-order chi connectivity index (χ1) is 10.3. The Hall–Kier alpha value is -1.92. The van der Waals surface area contributed by atoms with Gasteiger partial charge >= 0.3 is 0 Å². The molecular formula is C15H21N5O. The lowest BCUT2D eigenvalue weighted by Gasteiger charge is -2.27. The van der Waals surface area contributed by atoms with Crippen molar-refractivity contribution < 1.29 is 4.74 Å². The standard InChI is InChI=1S/C15H21N5O/c1-16-8-12-3-4-14(21-2)13(7-12)9-19-5-6-20-11-17-18-15(20)10-19/h3-4,7,11,16H,5-6,8-10H2,1-2H3. The molecule has 0 bridgehead atoms. The zero-order chi connectivity index (χ0) is 14.7. The molecule has 0 aliphatic carbocycles. The second kappa shape index (κ2) is 6.24. The molecule has 21 heavy (non-hydrogen) atoms. The Labute approximate surface area is 124 Å². The third kappa shape index (κ3) is 3.06. The monoisotopic (exact) mass is 287 g/mol. The first kappa shape index (κ1) is 14.0. The first-order valence-electron chi connectivity index (χ1n) is 7.19.